The molecule has 0 saturated carbocycles. The van der Waals surface area contributed by atoms with Crippen LogP contribution in [0.5, 0.6) is 5.75 Å². The molecule has 0 fully saturated rings. The van der Waals surface area contributed by atoms with E-state index in [1.54, 1.807) is 12.1 Å². The number of hydrogen-bond acceptors (Lipinski definition) is 2. The summed E-state index contributed by atoms with van der Waals surface area (Å²) in [6.45, 7) is 5.81. The van der Waals surface area contributed by atoms with E-state index in [0.29, 0.717) is 12.2 Å². The van der Waals surface area contributed by atoms with Crippen LogP contribution in [0, 0.1) is 5.82 Å². The van der Waals surface area contributed by atoms with Crippen LogP contribution in [0.25, 0.3) is 0 Å². The van der Waals surface area contributed by atoms with E-state index in [1.165, 1.54) is 12.3 Å². The van der Waals surface area contributed by atoms with Gasteiger partial charge in [-0.25, -0.2) is 8.60 Å². The Balaban J connectivity index is 2.03. The van der Waals surface area contributed by atoms with Gasteiger partial charge in [-0.05, 0) is 50.1 Å². The minimum absolute atomic E-state index is 0.183. The minimum Gasteiger partial charge on any atom is -0.486 e. The predicted octanol–water partition coefficient (Wildman–Crippen LogP) is 4.29. The van der Waals surface area contributed by atoms with Gasteiger partial charge in [0.15, 0.2) is 11.6 Å². The van der Waals surface area contributed by atoms with Crippen molar-refractivity contribution in [2.45, 2.75) is 32.1 Å². The molecule has 3 nitrogen and oxygen atoms in total. The SMILES string of the molecule is CC(C)(C)[S@@](=O)N=Cc1ccc(OCc2ccccc2)c(F)c1. The molecule has 0 spiro atoms. The molecule has 23 heavy (non-hydrogen) atoms. The molecule has 2 rings (SSSR count). The number of rotatable bonds is 5. The van der Waals surface area contributed by atoms with Crippen LogP contribution in [-0.4, -0.2) is 15.2 Å². The van der Waals surface area contributed by atoms with Gasteiger partial charge in [0, 0.05) is 6.21 Å². The second-order valence-corrected chi connectivity index (χ2v) is 7.99. The molecule has 0 aromatic heterocycles. The van der Waals surface area contributed by atoms with Crippen LogP contribution in [-0.2, 0) is 17.6 Å². The van der Waals surface area contributed by atoms with Crippen molar-refractivity contribution >= 4 is 17.2 Å². The summed E-state index contributed by atoms with van der Waals surface area (Å²) in [5, 5.41) is 0. The maximum absolute atomic E-state index is 14.0. The Hall–Kier alpha value is -2.01. The second-order valence-electron chi connectivity index (χ2n) is 6.06. The molecule has 0 unspecified atom stereocenters. The van der Waals surface area contributed by atoms with Gasteiger partial charge in [0.1, 0.15) is 17.6 Å². The predicted molar refractivity (Wildman–Crippen MR) is 92.7 cm³/mol. The Morgan fingerprint density at radius 1 is 1.17 bits per heavy atom. The zero-order valence-corrected chi connectivity index (χ0v) is 14.3. The van der Waals surface area contributed by atoms with Gasteiger partial charge in [-0.2, -0.15) is 4.40 Å². The molecule has 0 aliphatic heterocycles. The Morgan fingerprint density at radius 3 is 2.48 bits per heavy atom. The van der Waals surface area contributed by atoms with Crippen LogP contribution < -0.4 is 4.74 Å². The maximum atomic E-state index is 14.0. The Bertz CT molecular complexity index is 709. The molecule has 0 heterocycles. The molecule has 0 bridgehead atoms. The smallest absolute Gasteiger partial charge is 0.165 e. The first-order valence-corrected chi connectivity index (χ1v) is 8.39. The first kappa shape index (κ1) is 17.3. The lowest BCUT2D eigenvalue weighted by atomic mass is 10.2. The van der Waals surface area contributed by atoms with Crippen LogP contribution in [0.4, 0.5) is 4.39 Å². The molecule has 2 aromatic carbocycles. The number of benzene rings is 2. The van der Waals surface area contributed by atoms with E-state index in [9.17, 15) is 8.60 Å². The van der Waals surface area contributed by atoms with Crippen molar-refractivity contribution in [3.05, 3.63) is 65.5 Å². The number of ether oxygens (including phenoxy) is 1. The van der Waals surface area contributed by atoms with Gasteiger partial charge in [0.2, 0.25) is 0 Å². The molecular formula is C18H20FNO2S. The Kier molecular flexibility index (Phi) is 5.66. The standard InChI is InChI=1S/C18H20FNO2S/c1-18(2,3)23(21)20-12-15-9-10-17(16(19)11-15)22-13-14-7-5-4-6-8-14/h4-12H,13H2,1-3H3/t23-/m1/s1. The molecular weight excluding hydrogens is 313 g/mol. The van der Waals surface area contributed by atoms with Crippen molar-refractivity contribution < 1.29 is 13.3 Å². The highest BCUT2D eigenvalue weighted by Crippen LogP contribution is 2.19. The van der Waals surface area contributed by atoms with E-state index >= 15 is 0 Å². The molecule has 5 heteroatoms. The largest absolute Gasteiger partial charge is 0.486 e. The summed E-state index contributed by atoms with van der Waals surface area (Å²) < 4.78 is 34.9. The third-order valence-corrected chi connectivity index (χ3v) is 4.36. The van der Waals surface area contributed by atoms with E-state index in [1.807, 2.05) is 51.1 Å². The first-order chi connectivity index (χ1) is 10.9. The molecule has 122 valence electrons. The lowest BCUT2D eigenvalue weighted by molar-refractivity contribution is 0.290. The van der Waals surface area contributed by atoms with Gasteiger partial charge in [-0.1, -0.05) is 30.3 Å². The monoisotopic (exact) mass is 333 g/mol. The summed E-state index contributed by atoms with van der Waals surface area (Å²) in [6.07, 6.45) is 1.42. The van der Waals surface area contributed by atoms with Gasteiger partial charge >= 0.3 is 0 Å². The topological polar surface area (TPSA) is 38.7 Å². The average Bonchev–Trinajstić information content (AvgIpc) is 2.51. The van der Waals surface area contributed by atoms with Crippen LogP contribution in [0.3, 0.4) is 0 Å². The Labute approximate surface area is 138 Å². The van der Waals surface area contributed by atoms with Crippen molar-refractivity contribution in [2.24, 2.45) is 4.40 Å². The molecule has 0 aliphatic rings. The van der Waals surface area contributed by atoms with Crippen LogP contribution in [0.15, 0.2) is 52.9 Å². The van der Waals surface area contributed by atoms with E-state index in [4.69, 9.17) is 4.74 Å². The molecule has 1 atom stereocenters. The van der Waals surface area contributed by atoms with Crippen molar-refractivity contribution in [2.75, 3.05) is 0 Å². The lowest BCUT2D eigenvalue weighted by Gasteiger charge is -2.12. The summed E-state index contributed by atoms with van der Waals surface area (Å²) in [7, 11) is -1.36. The van der Waals surface area contributed by atoms with Crippen LogP contribution in [0.2, 0.25) is 0 Å². The number of nitrogens with zero attached hydrogens (tertiary/aromatic N) is 1. The summed E-state index contributed by atoms with van der Waals surface area (Å²) in [6, 6.07) is 14.1. The maximum Gasteiger partial charge on any atom is 0.165 e. The minimum atomic E-state index is -1.36. The number of halogens is 1. The first-order valence-electron chi connectivity index (χ1n) is 7.28. The van der Waals surface area contributed by atoms with E-state index in [2.05, 4.69) is 4.40 Å². The van der Waals surface area contributed by atoms with Crippen molar-refractivity contribution in [3.8, 4) is 5.75 Å². The van der Waals surface area contributed by atoms with Crippen molar-refractivity contribution in [3.63, 3.8) is 0 Å². The van der Waals surface area contributed by atoms with E-state index in [0.717, 1.165) is 5.56 Å². The second kappa shape index (κ2) is 7.51. The summed E-state index contributed by atoms with van der Waals surface area (Å²) in [5.41, 5.74) is 1.52. The summed E-state index contributed by atoms with van der Waals surface area (Å²) >= 11 is 0. The summed E-state index contributed by atoms with van der Waals surface area (Å²) in [4.78, 5) is 0. The van der Waals surface area contributed by atoms with Crippen LogP contribution in [0.1, 0.15) is 31.9 Å². The summed E-state index contributed by atoms with van der Waals surface area (Å²) in [5.74, 6) is -0.283. The fourth-order valence-corrected chi connectivity index (χ4v) is 2.25. The van der Waals surface area contributed by atoms with Gasteiger partial charge in [-0.15, -0.1) is 0 Å². The highest BCUT2D eigenvalue weighted by Gasteiger charge is 2.18. The van der Waals surface area contributed by atoms with Crippen LogP contribution >= 0.6 is 0 Å². The van der Waals surface area contributed by atoms with E-state index < -0.39 is 21.5 Å². The Morgan fingerprint density at radius 2 is 1.87 bits per heavy atom. The van der Waals surface area contributed by atoms with Gasteiger partial charge in [0.05, 0.1) is 4.75 Å². The fraction of sp³-hybridized carbons (Fsp3) is 0.278. The highest BCUT2D eigenvalue weighted by molar-refractivity contribution is 7.85. The van der Waals surface area contributed by atoms with Gasteiger partial charge in [-0.3, -0.25) is 0 Å². The third-order valence-electron chi connectivity index (χ3n) is 3.01. The normalized spacial score (nSPS) is 13.2. The average molecular weight is 333 g/mol. The van der Waals surface area contributed by atoms with Crippen molar-refractivity contribution in [1.82, 2.24) is 0 Å². The third kappa shape index (κ3) is 5.28. The highest BCUT2D eigenvalue weighted by atomic mass is 32.2. The number of hydrogen-bond donors (Lipinski definition) is 0. The zero-order chi connectivity index (χ0) is 16.9. The lowest BCUT2D eigenvalue weighted by Crippen LogP contribution is -2.19. The molecule has 0 radical (unpaired) electrons. The quantitative estimate of drug-likeness (QED) is 0.766. The van der Waals surface area contributed by atoms with Gasteiger partial charge in [0.25, 0.3) is 0 Å². The molecule has 0 saturated heterocycles. The van der Waals surface area contributed by atoms with Gasteiger partial charge < -0.3 is 4.74 Å². The van der Waals surface area contributed by atoms with Crippen molar-refractivity contribution in [1.29, 1.82) is 0 Å². The van der Waals surface area contributed by atoms with E-state index in [-0.39, 0.29) is 5.75 Å². The molecule has 0 aliphatic carbocycles. The fourth-order valence-electron chi connectivity index (χ4n) is 1.72. The molecule has 0 amide bonds. The molecule has 0 N–H and O–H groups in total. The molecule has 2 aromatic rings. The zero-order valence-electron chi connectivity index (χ0n) is 13.5.